The zero-order valence-corrected chi connectivity index (χ0v) is 18.8. The molecule has 1 atom stereocenters. The molecule has 0 heterocycles. The number of ether oxygens (including phenoxy) is 1. The van der Waals surface area contributed by atoms with Crippen LogP contribution >= 0.6 is 7.82 Å². The molecule has 0 N–H and O–H groups in total. The third-order valence-corrected chi connectivity index (χ3v) is 5.74. The summed E-state index contributed by atoms with van der Waals surface area (Å²) in [6.45, 7) is 2.65. The number of hydrogen-bond donors (Lipinski definition) is 0. The van der Waals surface area contributed by atoms with E-state index in [1.54, 1.807) is 6.92 Å². The van der Waals surface area contributed by atoms with Crippen molar-refractivity contribution in [1.29, 1.82) is 5.26 Å². The van der Waals surface area contributed by atoms with Crippen LogP contribution in [0.15, 0.2) is 30.3 Å². The molecule has 1 unspecified atom stereocenters. The Kier molecular flexibility index (Phi) is 14.9. The van der Waals surface area contributed by atoms with Crippen LogP contribution in [0, 0.1) is 11.3 Å². The number of phosphoric acid groups is 1. The van der Waals surface area contributed by atoms with Gasteiger partial charge in [0.15, 0.2) is 0 Å². The summed E-state index contributed by atoms with van der Waals surface area (Å²) in [6, 6.07) is 12.2. The van der Waals surface area contributed by atoms with Gasteiger partial charge in [0.25, 0.3) is 0 Å². The predicted octanol–water partition coefficient (Wildman–Crippen LogP) is 5.59. The molecule has 1 aromatic carbocycles. The Labute approximate surface area is 180 Å². The molecule has 30 heavy (non-hydrogen) atoms. The zero-order valence-electron chi connectivity index (χ0n) is 17.9. The van der Waals surface area contributed by atoms with Gasteiger partial charge in [-0.05, 0) is 44.6 Å². The molecule has 0 aliphatic rings. The second-order valence-electron chi connectivity index (χ2n) is 6.77. The summed E-state index contributed by atoms with van der Waals surface area (Å²) in [5.41, 5.74) is 1.30. The van der Waals surface area contributed by atoms with Crippen LogP contribution in [0.1, 0.15) is 63.9 Å². The van der Waals surface area contributed by atoms with Crippen molar-refractivity contribution in [3.05, 3.63) is 35.9 Å². The van der Waals surface area contributed by atoms with Gasteiger partial charge in [-0.15, -0.1) is 0 Å². The van der Waals surface area contributed by atoms with Crippen LogP contribution in [0.25, 0.3) is 0 Å². The Morgan fingerprint density at radius 2 is 1.57 bits per heavy atom. The van der Waals surface area contributed by atoms with E-state index in [4.69, 9.17) is 23.6 Å². The third-order valence-electron chi connectivity index (χ3n) is 4.25. The molecule has 0 radical (unpaired) electrons. The van der Waals surface area contributed by atoms with E-state index in [1.165, 1.54) is 5.56 Å². The molecular formula is C22H34NO6P. The van der Waals surface area contributed by atoms with E-state index >= 15 is 0 Å². The average molecular weight is 439 g/mol. The molecule has 0 amide bonds. The molecule has 0 saturated carbocycles. The fourth-order valence-electron chi connectivity index (χ4n) is 2.70. The van der Waals surface area contributed by atoms with Crippen molar-refractivity contribution in [1.82, 2.24) is 0 Å². The van der Waals surface area contributed by atoms with Crippen LogP contribution in [0.2, 0.25) is 0 Å². The van der Waals surface area contributed by atoms with Gasteiger partial charge in [-0.3, -0.25) is 18.4 Å². The van der Waals surface area contributed by atoms with Gasteiger partial charge in [0.2, 0.25) is 0 Å². The first-order valence-corrected chi connectivity index (χ1v) is 12.2. The van der Waals surface area contributed by atoms with Crippen molar-refractivity contribution >= 4 is 13.8 Å². The summed E-state index contributed by atoms with van der Waals surface area (Å²) in [5.74, 6) is -0.209. The summed E-state index contributed by atoms with van der Waals surface area (Å²) < 4.78 is 33.7. The van der Waals surface area contributed by atoms with Crippen molar-refractivity contribution in [3.63, 3.8) is 0 Å². The Balaban J connectivity index is 2.22. The number of esters is 1. The van der Waals surface area contributed by atoms with Crippen molar-refractivity contribution < 1.29 is 27.7 Å². The SMILES string of the molecule is CCOC(=O)CCCCCOP(=O)(OCCC#N)OCCCCCc1ccccc1. The highest BCUT2D eigenvalue weighted by molar-refractivity contribution is 7.48. The number of nitriles is 1. The average Bonchev–Trinajstić information content (AvgIpc) is 2.74. The van der Waals surface area contributed by atoms with Crippen LogP contribution in [-0.4, -0.2) is 32.4 Å². The minimum absolute atomic E-state index is 0.00461. The lowest BCUT2D eigenvalue weighted by Crippen LogP contribution is -2.05. The van der Waals surface area contributed by atoms with E-state index in [1.807, 2.05) is 24.3 Å². The first-order chi connectivity index (χ1) is 14.6. The molecule has 0 spiro atoms. The highest BCUT2D eigenvalue weighted by Crippen LogP contribution is 2.49. The smallest absolute Gasteiger partial charge is 0.466 e. The Morgan fingerprint density at radius 1 is 0.933 bits per heavy atom. The van der Waals surface area contributed by atoms with Gasteiger partial charge in [0.05, 0.1) is 38.9 Å². The van der Waals surface area contributed by atoms with Gasteiger partial charge in [-0.1, -0.05) is 43.2 Å². The molecule has 1 rings (SSSR count). The van der Waals surface area contributed by atoms with E-state index in [0.717, 1.165) is 32.1 Å². The molecule has 8 heteroatoms. The summed E-state index contributed by atoms with van der Waals surface area (Å²) in [6.07, 6.45) is 6.26. The maximum atomic E-state index is 12.7. The molecule has 1 aromatic rings. The lowest BCUT2D eigenvalue weighted by atomic mass is 10.1. The van der Waals surface area contributed by atoms with Crippen molar-refractivity contribution in [3.8, 4) is 6.07 Å². The van der Waals surface area contributed by atoms with Crippen molar-refractivity contribution in [2.75, 3.05) is 26.4 Å². The van der Waals surface area contributed by atoms with Crippen molar-refractivity contribution in [2.45, 2.75) is 64.7 Å². The molecule has 7 nitrogen and oxygen atoms in total. The number of benzene rings is 1. The van der Waals surface area contributed by atoms with E-state index < -0.39 is 7.82 Å². The number of aryl methyl sites for hydroxylation is 1. The first-order valence-electron chi connectivity index (χ1n) is 10.7. The standard InChI is InChI=1S/C22H34NO6P/c1-2-26-22(24)16-9-5-11-19-28-30(25,29-20-12-17-23)27-18-10-4-8-15-21-13-6-3-7-14-21/h3,6-7,13-14H,2,4-5,8-12,15-16,18-20H2,1H3. The van der Waals surface area contributed by atoms with Gasteiger partial charge in [0.1, 0.15) is 0 Å². The van der Waals surface area contributed by atoms with Crippen LogP contribution in [0.3, 0.4) is 0 Å². The maximum Gasteiger partial charge on any atom is 0.474 e. The normalized spacial score (nSPS) is 12.8. The minimum Gasteiger partial charge on any atom is -0.466 e. The molecule has 0 aromatic heterocycles. The molecule has 0 aliphatic heterocycles. The van der Waals surface area contributed by atoms with Gasteiger partial charge in [-0.2, -0.15) is 5.26 Å². The lowest BCUT2D eigenvalue weighted by Gasteiger charge is -2.17. The Bertz CT molecular complexity index is 661. The van der Waals surface area contributed by atoms with Gasteiger partial charge >= 0.3 is 13.8 Å². The van der Waals surface area contributed by atoms with E-state index in [-0.39, 0.29) is 32.2 Å². The second kappa shape index (κ2) is 17.0. The van der Waals surface area contributed by atoms with Crippen LogP contribution in [0.4, 0.5) is 0 Å². The fourth-order valence-corrected chi connectivity index (χ4v) is 3.95. The predicted molar refractivity (Wildman–Crippen MR) is 115 cm³/mol. The maximum absolute atomic E-state index is 12.7. The second-order valence-corrected chi connectivity index (χ2v) is 8.44. The van der Waals surface area contributed by atoms with Crippen molar-refractivity contribution in [2.24, 2.45) is 0 Å². The van der Waals surface area contributed by atoms with Gasteiger partial charge < -0.3 is 4.74 Å². The Morgan fingerprint density at radius 3 is 2.20 bits per heavy atom. The summed E-state index contributed by atoms with van der Waals surface area (Å²) in [7, 11) is -3.68. The van der Waals surface area contributed by atoms with Crippen LogP contribution in [0.5, 0.6) is 0 Å². The molecule has 0 aliphatic carbocycles. The molecule has 0 fully saturated rings. The highest BCUT2D eigenvalue weighted by atomic mass is 31.2. The van der Waals surface area contributed by atoms with Gasteiger partial charge in [0, 0.05) is 6.42 Å². The largest absolute Gasteiger partial charge is 0.474 e. The summed E-state index contributed by atoms with van der Waals surface area (Å²) in [4.78, 5) is 11.3. The molecule has 0 bridgehead atoms. The summed E-state index contributed by atoms with van der Waals surface area (Å²) >= 11 is 0. The Hall–Kier alpha value is -1.71. The monoisotopic (exact) mass is 439 g/mol. The quantitative estimate of drug-likeness (QED) is 0.167. The number of carbonyl (C=O) groups excluding carboxylic acids is 1. The number of hydrogen-bond acceptors (Lipinski definition) is 7. The molecular weight excluding hydrogens is 405 g/mol. The van der Waals surface area contributed by atoms with E-state index in [2.05, 4.69) is 12.1 Å². The minimum atomic E-state index is -3.68. The van der Waals surface area contributed by atoms with Gasteiger partial charge in [-0.25, -0.2) is 4.57 Å². The topological polar surface area (TPSA) is 94.9 Å². The number of unbranched alkanes of at least 4 members (excludes halogenated alkanes) is 4. The summed E-state index contributed by atoms with van der Waals surface area (Å²) in [5, 5.41) is 8.65. The first kappa shape index (κ1) is 26.3. The molecule has 168 valence electrons. The molecule has 0 saturated heterocycles. The third kappa shape index (κ3) is 13.5. The van der Waals surface area contributed by atoms with Crippen LogP contribution in [-0.2, 0) is 34.1 Å². The fraction of sp³-hybridized carbons (Fsp3) is 0.636. The number of rotatable bonds is 18. The number of nitrogens with zero attached hydrogens (tertiary/aromatic N) is 1. The van der Waals surface area contributed by atoms with E-state index in [0.29, 0.717) is 25.9 Å². The van der Waals surface area contributed by atoms with E-state index in [9.17, 15) is 9.36 Å². The number of carbonyl (C=O) groups is 1. The van der Waals surface area contributed by atoms with Crippen LogP contribution < -0.4 is 0 Å². The lowest BCUT2D eigenvalue weighted by molar-refractivity contribution is -0.143. The number of phosphoric ester groups is 1. The zero-order chi connectivity index (χ0) is 21.9. The highest BCUT2D eigenvalue weighted by Gasteiger charge is 2.26.